The number of hydrogen-bond donors (Lipinski definition) is 1. The molecule has 2 nitrogen and oxygen atoms in total. The first-order chi connectivity index (χ1) is 9.58. The quantitative estimate of drug-likeness (QED) is 0.841. The van der Waals surface area contributed by atoms with Gasteiger partial charge in [0.25, 0.3) is 0 Å². The van der Waals surface area contributed by atoms with Crippen LogP contribution >= 0.6 is 27.3 Å². The number of nitrogens with one attached hydrogen (secondary N) is 1. The van der Waals surface area contributed by atoms with Crippen LogP contribution in [0, 0.1) is 12.7 Å². The van der Waals surface area contributed by atoms with Crippen LogP contribution in [0.1, 0.15) is 23.2 Å². The molecule has 2 aromatic rings. The average Bonchev–Trinajstić information content (AvgIpc) is 2.78. The van der Waals surface area contributed by atoms with Crippen LogP contribution in [-0.2, 0) is 12.8 Å². The number of aromatic nitrogens is 1. The van der Waals surface area contributed by atoms with Gasteiger partial charge in [-0.2, -0.15) is 0 Å². The van der Waals surface area contributed by atoms with Gasteiger partial charge in [-0.25, -0.2) is 9.37 Å². The van der Waals surface area contributed by atoms with E-state index in [-0.39, 0.29) is 5.82 Å². The molecule has 1 aromatic heterocycles. The molecule has 2 rings (SSSR count). The van der Waals surface area contributed by atoms with Gasteiger partial charge in [0.15, 0.2) is 0 Å². The zero-order valence-electron chi connectivity index (χ0n) is 11.6. The third-order valence-electron chi connectivity index (χ3n) is 3.10. The average molecular weight is 357 g/mol. The molecule has 20 heavy (non-hydrogen) atoms. The van der Waals surface area contributed by atoms with E-state index in [1.165, 1.54) is 12.1 Å². The first kappa shape index (κ1) is 15.6. The maximum atomic E-state index is 13.1. The fraction of sp³-hybridized carbons (Fsp3) is 0.400. The van der Waals surface area contributed by atoms with Gasteiger partial charge in [-0.05, 0) is 37.6 Å². The maximum Gasteiger partial charge on any atom is 0.124 e. The monoisotopic (exact) mass is 356 g/mol. The van der Waals surface area contributed by atoms with E-state index >= 15 is 0 Å². The molecule has 0 saturated heterocycles. The third kappa shape index (κ3) is 4.36. The molecular weight excluding hydrogens is 339 g/mol. The molecule has 0 amide bonds. The van der Waals surface area contributed by atoms with Crippen molar-refractivity contribution in [3.05, 3.63) is 50.1 Å². The highest BCUT2D eigenvalue weighted by molar-refractivity contribution is 9.10. The summed E-state index contributed by atoms with van der Waals surface area (Å²) in [6.45, 7) is 5.03. The van der Waals surface area contributed by atoms with Crippen LogP contribution in [0.25, 0.3) is 0 Å². The number of benzene rings is 1. The van der Waals surface area contributed by atoms with Gasteiger partial charge in [0.1, 0.15) is 5.82 Å². The molecule has 0 fully saturated rings. The molecule has 0 aliphatic carbocycles. The Morgan fingerprint density at radius 1 is 1.40 bits per heavy atom. The highest BCUT2D eigenvalue weighted by atomic mass is 79.9. The summed E-state index contributed by atoms with van der Waals surface area (Å²) < 4.78 is 14.0. The lowest BCUT2D eigenvalue weighted by molar-refractivity contribution is 0.516. The molecule has 5 heteroatoms. The van der Waals surface area contributed by atoms with Crippen molar-refractivity contribution in [3.8, 4) is 0 Å². The number of halogens is 2. The second kappa shape index (κ2) is 7.29. The topological polar surface area (TPSA) is 24.9 Å². The van der Waals surface area contributed by atoms with Crippen LogP contribution in [0.2, 0.25) is 0 Å². The molecular formula is C15H18BrFN2S. The summed E-state index contributed by atoms with van der Waals surface area (Å²) in [5, 5.41) is 6.69. The Kier molecular flexibility index (Phi) is 5.69. The number of thiazole rings is 1. The number of likely N-dealkylation sites (N-methyl/N-ethyl adjacent to an activating group) is 1. The second-order valence-corrected chi connectivity index (χ2v) is 6.67. The Hall–Kier alpha value is -0.780. The fourth-order valence-electron chi connectivity index (χ4n) is 2.21. The summed E-state index contributed by atoms with van der Waals surface area (Å²) >= 11 is 5.11. The van der Waals surface area contributed by atoms with Gasteiger partial charge in [-0.3, -0.25) is 0 Å². The number of rotatable bonds is 6. The van der Waals surface area contributed by atoms with E-state index in [0.717, 1.165) is 40.1 Å². The molecule has 0 aliphatic rings. The van der Waals surface area contributed by atoms with Gasteiger partial charge in [-0.15, -0.1) is 11.3 Å². The molecule has 108 valence electrons. The Labute approximate surface area is 131 Å². The highest BCUT2D eigenvalue weighted by Gasteiger charge is 2.13. The van der Waals surface area contributed by atoms with Gasteiger partial charge in [-0.1, -0.05) is 28.9 Å². The molecule has 0 bridgehead atoms. The van der Waals surface area contributed by atoms with E-state index in [9.17, 15) is 4.39 Å². The van der Waals surface area contributed by atoms with Gasteiger partial charge < -0.3 is 5.32 Å². The zero-order chi connectivity index (χ0) is 14.5. The largest absolute Gasteiger partial charge is 0.314 e. The third-order valence-corrected chi connectivity index (χ3v) is 4.66. The molecule has 0 radical (unpaired) electrons. The van der Waals surface area contributed by atoms with Crippen molar-refractivity contribution in [2.24, 2.45) is 0 Å². The predicted octanol–water partition coefficient (Wildman–Crippen LogP) is 4.12. The predicted molar refractivity (Wildman–Crippen MR) is 85.8 cm³/mol. The van der Waals surface area contributed by atoms with E-state index in [1.54, 1.807) is 11.3 Å². The van der Waals surface area contributed by atoms with E-state index in [2.05, 4.69) is 38.5 Å². The molecule has 0 aliphatic heterocycles. The van der Waals surface area contributed by atoms with E-state index in [0.29, 0.717) is 6.04 Å². The first-order valence-corrected chi connectivity index (χ1v) is 8.34. The van der Waals surface area contributed by atoms with Crippen molar-refractivity contribution in [3.63, 3.8) is 0 Å². The van der Waals surface area contributed by atoms with Crippen LogP contribution in [0.15, 0.2) is 28.1 Å². The second-order valence-electron chi connectivity index (χ2n) is 4.76. The number of nitrogens with zero attached hydrogens (tertiary/aromatic N) is 1. The van der Waals surface area contributed by atoms with Crippen LogP contribution in [0.5, 0.6) is 0 Å². The lowest BCUT2D eigenvalue weighted by Gasteiger charge is -2.18. The van der Waals surface area contributed by atoms with Gasteiger partial charge in [0.2, 0.25) is 0 Å². The van der Waals surface area contributed by atoms with Crippen molar-refractivity contribution in [2.45, 2.75) is 32.7 Å². The molecule has 0 saturated carbocycles. The highest BCUT2D eigenvalue weighted by Crippen LogP contribution is 2.21. The molecule has 0 spiro atoms. The normalized spacial score (nSPS) is 12.6. The minimum absolute atomic E-state index is 0.212. The molecule has 1 N–H and O–H groups in total. The van der Waals surface area contributed by atoms with Crippen molar-refractivity contribution in [1.82, 2.24) is 10.3 Å². The minimum Gasteiger partial charge on any atom is -0.314 e. The first-order valence-electron chi connectivity index (χ1n) is 6.66. The fourth-order valence-corrected chi connectivity index (χ4v) is 3.35. The molecule has 1 aromatic carbocycles. The zero-order valence-corrected chi connectivity index (χ0v) is 14.0. The smallest absolute Gasteiger partial charge is 0.124 e. The lowest BCUT2D eigenvalue weighted by Crippen LogP contribution is -2.33. The summed E-state index contributed by atoms with van der Waals surface area (Å²) in [6.07, 6.45) is 1.74. The Morgan fingerprint density at radius 3 is 2.80 bits per heavy atom. The summed E-state index contributed by atoms with van der Waals surface area (Å²) in [4.78, 5) is 4.52. The van der Waals surface area contributed by atoms with Crippen LogP contribution in [0.3, 0.4) is 0 Å². The Morgan fingerprint density at radius 2 is 2.20 bits per heavy atom. The van der Waals surface area contributed by atoms with Crippen LogP contribution in [0.4, 0.5) is 4.39 Å². The van der Waals surface area contributed by atoms with E-state index in [4.69, 9.17) is 0 Å². The molecule has 1 heterocycles. The van der Waals surface area contributed by atoms with Crippen LogP contribution in [-0.4, -0.2) is 17.6 Å². The lowest BCUT2D eigenvalue weighted by atomic mass is 10.0. The van der Waals surface area contributed by atoms with Gasteiger partial charge in [0, 0.05) is 22.3 Å². The summed E-state index contributed by atoms with van der Waals surface area (Å²) in [7, 11) is 0. The maximum absolute atomic E-state index is 13.1. The SMILES string of the molecule is CCNC(Cc1csc(C)n1)Cc1ccc(F)cc1Br. The number of aryl methyl sites for hydroxylation is 1. The van der Waals surface area contributed by atoms with Crippen LogP contribution < -0.4 is 5.32 Å². The Bertz CT molecular complexity index is 571. The summed E-state index contributed by atoms with van der Waals surface area (Å²) in [5.41, 5.74) is 2.24. The van der Waals surface area contributed by atoms with E-state index in [1.807, 2.05) is 13.0 Å². The van der Waals surface area contributed by atoms with Crippen molar-refractivity contribution < 1.29 is 4.39 Å². The molecule has 1 atom stereocenters. The standard InChI is InChI=1S/C15H18BrFN2S/c1-3-18-13(8-14-9-20-10(2)19-14)6-11-4-5-12(17)7-15(11)16/h4-5,7,9,13,18H,3,6,8H2,1-2H3. The van der Waals surface area contributed by atoms with Crippen molar-refractivity contribution in [1.29, 1.82) is 0 Å². The summed E-state index contributed by atoms with van der Waals surface area (Å²) in [5.74, 6) is -0.212. The summed E-state index contributed by atoms with van der Waals surface area (Å²) in [6, 6.07) is 5.18. The van der Waals surface area contributed by atoms with Gasteiger partial charge in [0.05, 0.1) is 10.7 Å². The molecule has 1 unspecified atom stereocenters. The minimum atomic E-state index is -0.212. The Balaban J connectivity index is 2.08. The van der Waals surface area contributed by atoms with E-state index < -0.39 is 0 Å². The van der Waals surface area contributed by atoms with Crippen molar-refractivity contribution >= 4 is 27.3 Å². The number of hydrogen-bond acceptors (Lipinski definition) is 3. The van der Waals surface area contributed by atoms with Crippen molar-refractivity contribution in [2.75, 3.05) is 6.54 Å². The van der Waals surface area contributed by atoms with Gasteiger partial charge >= 0.3 is 0 Å².